The highest BCUT2D eigenvalue weighted by Gasteiger charge is 2.37. The van der Waals surface area contributed by atoms with Crippen molar-refractivity contribution in [2.24, 2.45) is 0 Å². The van der Waals surface area contributed by atoms with Crippen molar-refractivity contribution in [3.05, 3.63) is 70.8 Å². The number of benzene rings is 2. The number of aryl methyl sites for hydroxylation is 1. The fraction of sp³-hybridized carbons (Fsp3) is 0.517. The molecular weight excluding hydrogens is 530 g/mol. The molecule has 0 fully saturated rings. The largest absolute Gasteiger partial charge is 0.453 e. The van der Waals surface area contributed by atoms with E-state index in [1.807, 2.05) is 31.2 Å². The first-order valence-electron chi connectivity index (χ1n) is 13.4. The van der Waals surface area contributed by atoms with E-state index in [2.05, 4.69) is 20.7 Å². The Morgan fingerprint density at radius 2 is 1.68 bits per heavy atom. The summed E-state index contributed by atoms with van der Waals surface area (Å²) in [7, 11) is 1.03. The molecule has 0 aliphatic carbocycles. The molecular formula is C29H39F4N3O4. The van der Waals surface area contributed by atoms with E-state index >= 15 is 0 Å². The van der Waals surface area contributed by atoms with Gasteiger partial charge in [0.2, 0.25) is 5.91 Å². The Balaban J connectivity index is 2.21. The zero-order chi connectivity index (χ0) is 29.7. The highest BCUT2D eigenvalue weighted by molar-refractivity contribution is 5.86. The average molecular weight is 570 g/mol. The van der Waals surface area contributed by atoms with E-state index in [1.165, 1.54) is 0 Å². The van der Waals surface area contributed by atoms with E-state index in [4.69, 9.17) is 0 Å². The quantitative estimate of drug-likeness (QED) is 0.221. The third-order valence-electron chi connectivity index (χ3n) is 6.45. The van der Waals surface area contributed by atoms with Crippen molar-refractivity contribution in [2.45, 2.75) is 83.0 Å². The van der Waals surface area contributed by atoms with Crippen LogP contribution in [0.15, 0.2) is 42.5 Å². The monoisotopic (exact) mass is 569 g/mol. The van der Waals surface area contributed by atoms with Gasteiger partial charge in [0.1, 0.15) is 17.7 Å². The zero-order valence-corrected chi connectivity index (χ0v) is 23.1. The van der Waals surface area contributed by atoms with Crippen molar-refractivity contribution in [1.29, 1.82) is 0 Å². The fourth-order valence-corrected chi connectivity index (χ4v) is 4.26. The molecule has 0 spiro atoms. The van der Waals surface area contributed by atoms with E-state index in [9.17, 15) is 32.3 Å². The highest BCUT2D eigenvalue weighted by atomic mass is 19.3. The fourth-order valence-electron chi connectivity index (χ4n) is 4.26. The van der Waals surface area contributed by atoms with E-state index in [0.717, 1.165) is 36.8 Å². The standard InChI is InChI=1S/C29H39F4N3O4/c1-4-6-10-29(32,33)16-25(36-28(39)40-3)27(38)35-24(14-21-12-22(30)15-23(31)13-21)26(37)18-34-17-20-9-7-8-19(5-2)11-20/h7-9,11-13,15,24-26,34,37H,4-6,10,14,16-18H2,1-3H3,(H,35,38)(H,36,39)/t24-,25+,26+/m0/s1. The summed E-state index contributed by atoms with van der Waals surface area (Å²) in [5.41, 5.74) is 2.25. The molecule has 0 radical (unpaired) electrons. The lowest BCUT2D eigenvalue weighted by Crippen LogP contribution is -2.56. The number of aliphatic hydroxyl groups is 1. The highest BCUT2D eigenvalue weighted by Crippen LogP contribution is 2.27. The molecule has 11 heteroatoms. The van der Waals surface area contributed by atoms with E-state index < -0.39 is 60.6 Å². The van der Waals surface area contributed by atoms with Gasteiger partial charge < -0.3 is 25.8 Å². The first-order chi connectivity index (χ1) is 19.0. The molecule has 4 N–H and O–H groups in total. The molecule has 222 valence electrons. The smallest absolute Gasteiger partial charge is 0.407 e. The van der Waals surface area contributed by atoms with E-state index in [0.29, 0.717) is 19.0 Å². The van der Waals surface area contributed by atoms with Gasteiger partial charge in [0.25, 0.3) is 5.92 Å². The van der Waals surface area contributed by atoms with Gasteiger partial charge in [-0.25, -0.2) is 22.4 Å². The summed E-state index contributed by atoms with van der Waals surface area (Å²) >= 11 is 0. The number of alkyl halides is 2. The lowest BCUT2D eigenvalue weighted by atomic mass is 9.98. The summed E-state index contributed by atoms with van der Waals surface area (Å²) in [5.74, 6) is -5.93. The maximum atomic E-state index is 14.6. The molecule has 2 rings (SSSR count). The summed E-state index contributed by atoms with van der Waals surface area (Å²) in [6.45, 7) is 4.15. The number of amides is 2. The van der Waals surface area contributed by atoms with Crippen molar-refractivity contribution in [1.82, 2.24) is 16.0 Å². The second-order valence-corrected chi connectivity index (χ2v) is 9.82. The average Bonchev–Trinajstić information content (AvgIpc) is 2.90. The number of carbonyl (C=O) groups excluding carboxylic acids is 2. The minimum atomic E-state index is -3.26. The molecule has 2 amide bonds. The minimum absolute atomic E-state index is 0.0269. The first-order valence-corrected chi connectivity index (χ1v) is 13.4. The van der Waals surface area contributed by atoms with Crippen LogP contribution in [-0.2, 0) is 28.9 Å². The third-order valence-corrected chi connectivity index (χ3v) is 6.45. The summed E-state index contributed by atoms with van der Waals surface area (Å²) in [6.07, 6.45) is -2.43. The number of ether oxygens (including phenoxy) is 1. The molecule has 0 saturated carbocycles. The number of unbranched alkanes of at least 4 members (excludes halogenated alkanes) is 1. The van der Waals surface area contributed by atoms with Crippen molar-refractivity contribution < 1.29 is 37.0 Å². The number of aliphatic hydroxyl groups excluding tert-OH is 1. The zero-order valence-electron chi connectivity index (χ0n) is 23.1. The van der Waals surface area contributed by atoms with E-state index in [1.54, 1.807) is 6.92 Å². The number of hydrogen-bond donors (Lipinski definition) is 4. The van der Waals surface area contributed by atoms with Crippen LogP contribution >= 0.6 is 0 Å². The Morgan fingerprint density at radius 1 is 1.00 bits per heavy atom. The summed E-state index contributed by atoms with van der Waals surface area (Å²) in [6, 6.07) is 7.82. The molecule has 2 aromatic rings. The molecule has 40 heavy (non-hydrogen) atoms. The van der Waals surface area contributed by atoms with Crippen LogP contribution in [0.2, 0.25) is 0 Å². The van der Waals surface area contributed by atoms with Gasteiger partial charge in [0.05, 0.1) is 19.3 Å². The Hall–Kier alpha value is -3.18. The van der Waals surface area contributed by atoms with Crippen molar-refractivity contribution >= 4 is 12.0 Å². The van der Waals surface area contributed by atoms with Gasteiger partial charge in [-0.3, -0.25) is 4.79 Å². The van der Waals surface area contributed by atoms with Gasteiger partial charge in [-0.05, 0) is 48.1 Å². The molecule has 0 unspecified atom stereocenters. The maximum Gasteiger partial charge on any atom is 0.407 e. The van der Waals surface area contributed by atoms with Gasteiger partial charge in [-0.2, -0.15) is 0 Å². The van der Waals surface area contributed by atoms with Crippen molar-refractivity contribution in [2.75, 3.05) is 13.7 Å². The summed E-state index contributed by atoms with van der Waals surface area (Å²) < 4.78 is 61.3. The van der Waals surface area contributed by atoms with Crippen LogP contribution in [0.4, 0.5) is 22.4 Å². The third kappa shape index (κ3) is 11.5. The van der Waals surface area contributed by atoms with Gasteiger partial charge in [0.15, 0.2) is 0 Å². The molecule has 0 heterocycles. The molecule has 0 aromatic heterocycles. The Morgan fingerprint density at radius 3 is 2.30 bits per heavy atom. The number of nitrogens with one attached hydrogen (secondary N) is 3. The van der Waals surface area contributed by atoms with E-state index in [-0.39, 0.29) is 24.9 Å². The van der Waals surface area contributed by atoms with Gasteiger partial charge in [0, 0.05) is 32.0 Å². The first kappa shape index (κ1) is 33.0. The maximum absolute atomic E-state index is 14.6. The number of carbonyl (C=O) groups is 2. The van der Waals surface area contributed by atoms with Crippen LogP contribution in [0.3, 0.4) is 0 Å². The Kier molecular flexibility index (Phi) is 13.4. The number of alkyl carbamates (subject to hydrolysis) is 1. The lowest BCUT2D eigenvalue weighted by Gasteiger charge is -2.29. The molecule has 7 nitrogen and oxygen atoms in total. The molecule has 2 aromatic carbocycles. The molecule has 0 saturated heterocycles. The number of hydrogen-bond acceptors (Lipinski definition) is 5. The normalized spacial score (nSPS) is 13.8. The molecule has 3 atom stereocenters. The number of methoxy groups -OCH3 is 1. The van der Waals surface area contributed by atoms with Crippen LogP contribution in [0.1, 0.15) is 56.2 Å². The van der Waals surface area contributed by atoms with Gasteiger partial charge in [-0.15, -0.1) is 0 Å². The van der Waals surface area contributed by atoms with Crippen LogP contribution in [0.25, 0.3) is 0 Å². The summed E-state index contributed by atoms with van der Waals surface area (Å²) in [4.78, 5) is 25.0. The van der Waals surface area contributed by atoms with Crippen LogP contribution in [-0.4, -0.2) is 54.9 Å². The topological polar surface area (TPSA) is 99.7 Å². The van der Waals surface area contributed by atoms with Crippen LogP contribution < -0.4 is 16.0 Å². The molecule has 0 aliphatic rings. The predicted octanol–water partition coefficient (Wildman–Crippen LogP) is 4.65. The lowest BCUT2D eigenvalue weighted by molar-refractivity contribution is -0.127. The molecule has 0 aliphatic heterocycles. The van der Waals surface area contributed by atoms with Crippen LogP contribution in [0, 0.1) is 11.6 Å². The number of halogens is 4. The van der Waals surface area contributed by atoms with Crippen molar-refractivity contribution in [3.63, 3.8) is 0 Å². The molecule has 0 bridgehead atoms. The van der Waals surface area contributed by atoms with Gasteiger partial charge in [-0.1, -0.05) is 44.5 Å². The van der Waals surface area contributed by atoms with Gasteiger partial charge >= 0.3 is 6.09 Å². The second kappa shape index (κ2) is 16.2. The Bertz CT molecular complexity index is 1080. The predicted molar refractivity (Wildman–Crippen MR) is 144 cm³/mol. The second-order valence-electron chi connectivity index (χ2n) is 9.82. The number of rotatable bonds is 16. The summed E-state index contributed by atoms with van der Waals surface area (Å²) in [5, 5.41) is 18.7. The minimum Gasteiger partial charge on any atom is -0.453 e. The van der Waals surface area contributed by atoms with Crippen LogP contribution in [0.5, 0.6) is 0 Å². The Labute approximate surface area is 232 Å². The SMILES string of the molecule is CCCCC(F)(F)C[C@@H](NC(=O)OC)C(=O)N[C@@H](Cc1cc(F)cc(F)c1)[C@H](O)CNCc1cccc(CC)c1. The van der Waals surface area contributed by atoms with Crippen molar-refractivity contribution in [3.8, 4) is 0 Å².